The normalized spacial score (nSPS) is 13.8. The molecule has 0 aliphatic rings. The van der Waals surface area contributed by atoms with E-state index < -0.39 is 15.0 Å². The van der Waals surface area contributed by atoms with Crippen LogP contribution < -0.4 is 5.73 Å². The van der Waals surface area contributed by atoms with Gasteiger partial charge in [-0.3, -0.25) is 4.18 Å². The molecule has 0 aromatic heterocycles. The van der Waals surface area contributed by atoms with E-state index in [2.05, 4.69) is 4.18 Å². The van der Waals surface area contributed by atoms with Gasteiger partial charge in [0.25, 0.3) is 10.1 Å². The molecule has 0 atom stereocenters. The molecule has 0 aliphatic carbocycles. The standard InChI is InChI=1S/C4H11NO3S/c1-4(2,5)9(6,7)8-3/h5H2,1-3H3. The Bertz CT molecular complexity index is 176. The van der Waals surface area contributed by atoms with Crippen molar-refractivity contribution in [3.8, 4) is 0 Å². The second-order valence-corrected chi connectivity index (χ2v) is 4.52. The molecule has 0 unspecified atom stereocenters. The number of hydrogen-bond acceptors (Lipinski definition) is 4. The molecule has 2 N–H and O–H groups in total. The zero-order chi connectivity index (χ0) is 7.71. The van der Waals surface area contributed by atoms with Gasteiger partial charge in [-0.2, -0.15) is 8.42 Å². The number of hydrogen-bond donors (Lipinski definition) is 1. The zero-order valence-corrected chi connectivity index (χ0v) is 6.53. The van der Waals surface area contributed by atoms with Crippen LogP contribution in [0.1, 0.15) is 13.8 Å². The quantitative estimate of drug-likeness (QED) is 0.551. The van der Waals surface area contributed by atoms with Gasteiger partial charge >= 0.3 is 0 Å². The van der Waals surface area contributed by atoms with Crippen molar-refractivity contribution < 1.29 is 12.6 Å². The predicted molar refractivity (Wildman–Crippen MR) is 34.2 cm³/mol. The summed E-state index contributed by atoms with van der Waals surface area (Å²) in [6.45, 7) is 2.73. The molecule has 0 fully saturated rings. The molecule has 0 aromatic carbocycles. The lowest BCUT2D eigenvalue weighted by Gasteiger charge is -2.15. The molecule has 0 amide bonds. The van der Waals surface area contributed by atoms with Gasteiger partial charge in [0.1, 0.15) is 4.87 Å². The van der Waals surface area contributed by atoms with E-state index in [-0.39, 0.29) is 0 Å². The van der Waals surface area contributed by atoms with E-state index in [9.17, 15) is 8.42 Å². The Morgan fingerprint density at radius 1 is 1.44 bits per heavy atom. The van der Waals surface area contributed by atoms with Gasteiger partial charge in [0.05, 0.1) is 7.11 Å². The van der Waals surface area contributed by atoms with E-state index in [1.165, 1.54) is 13.8 Å². The molecule has 0 rings (SSSR count). The molecular formula is C4H11NO3S. The summed E-state index contributed by atoms with van der Waals surface area (Å²) in [5.74, 6) is 0. The topological polar surface area (TPSA) is 69.4 Å². The summed E-state index contributed by atoms with van der Waals surface area (Å²) in [4.78, 5) is -1.30. The Kier molecular flexibility index (Phi) is 2.21. The average Bonchev–Trinajstić information content (AvgIpc) is 1.64. The van der Waals surface area contributed by atoms with Crippen LogP contribution in [-0.4, -0.2) is 20.4 Å². The lowest BCUT2D eigenvalue weighted by Crippen LogP contribution is -2.41. The van der Waals surface area contributed by atoms with Gasteiger partial charge in [-0.1, -0.05) is 0 Å². The summed E-state index contributed by atoms with van der Waals surface area (Å²) in [6, 6.07) is 0. The highest BCUT2D eigenvalue weighted by Crippen LogP contribution is 2.08. The number of rotatable bonds is 2. The van der Waals surface area contributed by atoms with E-state index in [1.54, 1.807) is 0 Å². The van der Waals surface area contributed by atoms with Crippen LogP contribution in [0.15, 0.2) is 0 Å². The van der Waals surface area contributed by atoms with Crippen LogP contribution >= 0.6 is 0 Å². The molecular weight excluding hydrogens is 142 g/mol. The van der Waals surface area contributed by atoms with E-state index in [0.29, 0.717) is 0 Å². The fourth-order valence-electron chi connectivity index (χ4n) is 0.215. The van der Waals surface area contributed by atoms with Crippen LogP contribution in [0, 0.1) is 0 Å². The predicted octanol–water partition coefficient (Wildman–Crippen LogP) is -0.343. The Balaban J connectivity index is 4.57. The summed E-state index contributed by atoms with van der Waals surface area (Å²) in [5, 5.41) is 0. The van der Waals surface area contributed by atoms with Gasteiger partial charge in [-0.25, -0.2) is 0 Å². The van der Waals surface area contributed by atoms with Gasteiger partial charge in [0, 0.05) is 0 Å². The third-order valence-corrected chi connectivity index (χ3v) is 2.59. The maximum absolute atomic E-state index is 10.7. The smallest absolute Gasteiger partial charge is 0.285 e. The lowest BCUT2D eigenvalue weighted by atomic mass is 10.4. The molecule has 0 saturated heterocycles. The first-order chi connectivity index (χ1) is 3.81. The molecule has 0 saturated carbocycles. The first-order valence-electron chi connectivity index (χ1n) is 2.40. The molecule has 9 heavy (non-hydrogen) atoms. The van der Waals surface area contributed by atoms with Gasteiger partial charge in [0.2, 0.25) is 0 Å². The first-order valence-corrected chi connectivity index (χ1v) is 3.81. The summed E-state index contributed by atoms with van der Waals surface area (Å²) < 4.78 is 25.5. The molecule has 4 nitrogen and oxygen atoms in total. The minimum atomic E-state index is -3.56. The minimum Gasteiger partial charge on any atom is -0.311 e. The SMILES string of the molecule is COS(=O)(=O)C(C)(C)N. The fraction of sp³-hybridized carbons (Fsp3) is 1.00. The van der Waals surface area contributed by atoms with E-state index in [4.69, 9.17) is 5.73 Å². The van der Waals surface area contributed by atoms with Crippen LogP contribution in [0.3, 0.4) is 0 Å². The van der Waals surface area contributed by atoms with Crippen molar-refractivity contribution in [3.05, 3.63) is 0 Å². The van der Waals surface area contributed by atoms with E-state index >= 15 is 0 Å². The summed E-state index contributed by atoms with van der Waals surface area (Å²) in [6.07, 6.45) is 0. The van der Waals surface area contributed by atoms with Gasteiger partial charge in [-0.05, 0) is 13.8 Å². The Morgan fingerprint density at radius 2 is 1.78 bits per heavy atom. The highest BCUT2D eigenvalue weighted by atomic mass is 32.2. The van der Waals surface area contributed by atoms with Crippen molar-refractivity contribution in [2.45, 2.75) is 18.7 Å². The molecule has 5 heteroatoms. The maximum Gasteiger partial charge on any atom is 0.285 e. The minimum absolute atomic E-state index is 1.09. The number of nitrogens with two attached hydrogens (primary N) is 1. The van der Waals surface area contributed by atoms with Crippen LogP contribution in [-0.2, 0) is 14.3 Å². The summed E-state index contributed by atoms with van der Waals surface area (Å²) in [7, 11) is -2.47. The van der Waals surface area contributed by atoms with Crippen LogP contribution in [0.4, 0.5) is 0 Å². The summed E-state index contributed by atoms with van der Waals surface area (Å²) >= 11 is 0. The Hall–Kier alpha value is -0.130. The van der Waals surface area contributed by atoms with Crippen molar-refractivity contribution >= 4 is 10.1 Å². The molecule has 0 heterocycles. The van der Waals surface area contributed by atoms with Gasteiger partial charge < -0.3 is 5.73 Å². The van der Waals surface area contributed by atoms with Crippen LogP contribution in [0.5, 0.6) is 0 Å². The van der Waals surface area contributed by atoms with Crippen molar-refractivity contribution in [2.75, 3.05) is 7.11 Å². The molecule has 0 radical (unpaired) electrons. The Labute approximate surface area is 55.1 Å². The third-order valence-electron chi connectivity index (χ3n) is 0.864. The summed E-state index contributed by atoms with van der Waals surface area (Å²) in [5.41, 5.74) is 5.21. The van der Waals surface area contributed by atoms with Gasteiger partial charge in [0.15, 0.2) is 0 Å². The van der Waals surface area contributed by atoms with Crippen molar-refractivity contribution in [1.82, 2.24) is 0 Å². The average molecular weight is 153 g/mol. The Morgan fingerprint density at radius 3 is 1.78 bits per heavy atom. The molecule has 0 spiro atoms. The molecule has 56 valence electrons. The van der Waals surface area contributed by atoms with Crippen molar-refractivity contribution in [2.24, 2.45) is 5.73 Å². The first kappa shape index (κ1) is 8.87. The van der Waals surface area contributed by atoms with Crippen molar-refractivity contribution in [1.29, 1.82) is 0 Å². The fourth-order valence-corrected chi connectivity index (χ4v) is 0.644. The molecule has 0 aliphatic heterocycles. The second kappa shape index (κ2) is 2.24. The van der Waals surface area contributed by atoms with E-state index in [0.717, 1.165) is 7.11 Å². The van der Waals surface area contributed by atoms with E-state index in [1.807, 2.05) is 0 Å². The zero-order valence-electron chi connectivity index (χ0n) is 5.71. The molecule has 0 bridgehead atoms. The monoisotopic (exact) mass is 153 g/mol. The van der Waals surface area contributed by atoms with Crippen molar-refractivity contribution in [3.63, 3.8) is 0 Å². The molecule has 0 aromatic rings. The van der Waals surface area contributed by atoms with Crippen LogP contribution in [0.2, 0.25) is 0 Å². The highest BCUT2D eigenvalue weighted by Gasteiger charge is 2.29. The van der Waals surface area contributed by atoms with Crippen LogP contribution in [0.25, 0.3) is 0 Å². The lowest BCUT2D eigenvalue weighted by molar-refractivity contribution is 0.373. The third kappa shape index (κ3) is 1.92. The largest absolute Gasteiger partial charge is 0.311 e. The second-order valence-electron chi connectivity index (χ2n) is 2.22. The maximum atomic E-state index is 10.7. The highest BCUT2D eigenvalue weighted by molar-refractivity contribution is 7.88. The van der Waals surface area contributed by atoms with Gasteiger partial charge in [-0.15, -0.1) is 0 Å².